The summed E-state index contributed by atoms with van der Waals surface area (Å²) in [5, 5.41) is 9.97. The Hall–Kier alpha value is -2.99. The first-order chi connectivity index (χ1) is 12.1. The molecule has 2 heterocycles. The third-order valence-corrected chi connectivity index (χ3v) is 5.01. The summed E-state index contributed by atoms with van der Waals surface area (Å²) in [4.78, 5) is 29.2. The van der Waals surface area contributed by atoms with Crippen molar-refractivity contribution in [1.29, 1.82) is 0 Å². The Morgan fingerprint density at radius 3 is 2.48 bits per heavy atom. The lowest BCUT2D eigenvalue weighted by molar-refractivity contribution is -0.135. The summed E-state index contributed by atoms with van der Waals surface area (Å²) < 4.78 is 5.09. The summed E-state index contributed by atoms with van der Waals surface area (Å²) in [6.45, 7) is 0. The highest BCUT2D eigenvalue weighted by molar-refractivity contribution is 7.12. The molecule has 3 aromatic rings. The van der Waals surface area contributed by atoms with Crippen molar-refractivity contribution >= 4 is 17.3 Å². The lowest BCUT2D eigenvalue weighted by Crippen LogP contribution is -2.26. The van der Waals surface area contributed by atoms with Crippen molar-refractivity contribution < 1.29 is 14.6 Å². The number of phenols is 1. The smallest absolute Gasteiger partial charge is 0.313 e. The number of benzene rings is 2. The molecule has 5 nitrogen and oxygen atoms in total. The largest absolute Gasteiger partial charge is 0.508 e. The predicted octanol–water partition coefficient (Wildman–Crippen LogP) is 3.32. The highest BCUT2D eigenvalue weighted by Gasteiger charge is 2.33. The van der Waals surface area contributed by atoms with E-state index in [9.17, 15) is 14.7 Å². The maximum Gasteiger partial charge on any atom is 0.313 e. The number of fused-ring (bicyclic) bond motifs is 1. The number of esters is 1. The van der Waals surface area contributed by atoms with E-state index in [1.807, 2.05) is 30.3 Å². The van der Waals surface area contributed by atoms with Crippen LogP contribution in [0.15, 0.2) is 59.4 Å². The SMILES string of the molecule is O=C1CC(c2ccc(O)cc2)c2c(nc(-c3ccccc3)sc2=O)O1. The van der Waals surface area contributed by atoms with Crippen molar-refractivity contribution in [1.82, 2.24) is 4.98 Å². The molecule has 0 radical (unpaired) electrons. The third-order valence-electron chi connectivity index (χ3n) is 4.09. The number of carbonyl (C=O) groups is 1. The van der Waals surface area contributed by atoms with Crippen LogP contribution < -0.4 is 9.48 Å². The first-order valence-corrected chi connectivity index (χ1v) is 8.53. The highest BCUT2D eigenvalue weighted by Crippen LogP contribution is 2.37. The number of phenolic OH excluding ortho intramolecular Hbond substituents is 1. The molecule has 0 fully saturated rings. The Morgan fingerprint density at radius 1 is 1.04 bits per heavy atom. The predicted molar refractivity (Wildman–Crippen MR) is 94.0 cm³/mol. The lowest BCUT2D eigenvalue weighted by atomic mass is 9.89. The second-order valence-corrected chi connectivity index (χ2v) is 6.68. The number of carbonyl (C=O) groups excluding carboxylic acids is 1. The molecular formula is C19H13NO4S. The Morgan fingerprint density at radius 2 is 1.76 bits per heavy atom. The van der Waals surface area contributed by atoms with Gasteiger partial charge >= 0.3 is 5.97 Å². The van der Waals surface area contributed by atoms with Gasteiger partial charge in [-0.3, -0.25) is 9.59 Å². The molecule has 0 spiro atoms. The van der Waals surface area contributed by atoms with Crippen LogP contribution in [-0.2, 0) is 4.79 Å². The fraction of sp³-hybridized carbons (Fsp3) is 0.105. The van der Waals surface area contributed by atoms with E-state index in [0.717, 1.165) is 22.5 Å². The molecule has 0 saturated heterocycles. The molecule has 1 aliphatic rings. The molecule has 1 aliphatic heterocycles. The van der Waals surface area contributed by atoms with Gasteiger partial charge in [0.25, 0.3) is 0 Å². The maximum absolute atomic E-state index is 12.8. The van der Waals surface area contributed by atoms with Gasteiger partial charge in [0.05, 0.1) is 12.0 Å². The molecule has 0 saturated carbocycles. The van der Waals surface area contributed by atoms with Crippen molar-refractivity contribution in [2.75, 3.05) is 0 Å². The van der Waals surface area contributed by atoms with Gasteiger partial charge in [0, 0.05) is 11.5 Å². The van der Waals surface area contributed by atoms with Gasteiger partial charge in [-0.1, -0.05) is 53.8 Å². The molecule has 0 aliphatic carbocycles. The normalized spacial score (nSPS) is 16.2. The minimum atomic E-state index is -0.423. The van der Waals surface area contributed by atoms with Gasteiger partial charge in [-0.15, -0.1) is 0 Å². The van der Waals surface area contributed by atoms with Crippen LogP contribution in [0, 0.1) is 0 Å². The monoisotopic (exact) mass is 351 g/mol. The molecule has 2 aromatic carbocycles. The number of hydrogen-bond donors (Lipinski definition) is 1. The molecule has 4 rings (SSSR count). The maximum atomic E-state index is 12.8. The lowest BCUT2D eigenvalue weighted by Gasteiger charge is -2.23. The number of hydrogen-bond acceptors (Lipinski definition) is 6. The topological polar surface area (TPSA) is 76.5 Å². The van der Waals surface area contributed by atoms with Gasteiger partial charge in [-0.05, 0) is 17.7 Å². The van der Waals surface area contributed by atoms with Crippen LogP contribution in [-0.4, -0.2) is 16.1 Å². The minimum Gasteiger partial charge on any atom is -0.508 e. The van der Waals surface area contributed by atoms with E-state index < -0.39 is 11.9 Å². The van der Waals surface area contributed by atoms with Crippen LogP contribution in [0.25, 0.3) is 10.6 Å². The molecule has 1 atom stereocenters. The number of aromatic hydroxyl groups is 1. The van der Waals surface area contributed by atoms with E-state index in [-0.39, 0.29) is 22.8 Å². The molecular weight excluding hydrogens is 338 g/mol. The average Bonchev–Trinajstić information content (AvgIpc) is 2.62. The molecule has 6 heteroatoms. The average molecular weight is 351 g/mol. The third kappa shape index (κ3) is 2.92. The van der Waals surface area contributed by atoms with Gasteiger partial charge in [-0.25, -0.2) is 4.98 Å². The summed E-state index contributed by atoms with van der Waals surface area (Å²) in [6.07, 6.45) is 0.0755. The van der Waals surface area contributed by atoms with E-state index in [0.29, 0.717) is 10.6 Å². The highest BCUT2D eigenvalue weighted by atomic mass is 32.1. The molecule has 0 amide bonds. The van der Waals surface area contributed by atoms with Gasteiger partial charge in [0.1, 0.15) is 10.8 Å². The molecule has 124 valence electrons. The van der Waals surface area contributed by atoms with E-state index in [4.69, 9.17) is 4.74 Å². The fourth-order valence-corrected chi connectivity index (χ4v) is 3.79. The van der Waals surface area contributed by atoms with E-state index in [1.165, 1.54) is 12.1 Å². The number of nitrogens with zero attached hydrogens (tertiary/aromatic N) is 1. The van der Waals surface area contributed by atoms with Gasteiger partial charge < -0.3 is 9.84 Å². The number of aromatic nitrogens is 1. The first kappa shape index (κ1) is 15.5. The van der Waals surface area contributed by atoms with Gasteiger partial charge in [0.15, 0.2) is 0 Å². The zero-order valence-corrected chi connectivity index (χ0v) is 13.8. The number of ether oxygens (including phenoxy) is 1. The second-order valence-electron chi connectivity index (χ2n) is 5.71. The second kappa shape index (κ2) is 6.14. The summed E-state index contributed by atoms with van der Waals surface area (Å²) in [7, 11) is 0. The quantitative estimate of drug-likeness (QED) is 0.717. The minimum absolute atomic E-state index is 0.0755. The Kier molecular flexibility index (Phi) is 3.82. The Labute approximate surface area is 147 Å². The summed E-state index contributed by atoms with van der Waals surface area (Å²) >= 11 is 1.04. The molecule has 1 aromatic heterocycles. The van der Waals surface area contributed by atoms with Crippen molar-refractivity contribution in [2.45, 2.75) is 12.3 Å². The van der Waals surface area contributed by atoms with Crippen LogP contribution in [0.5, 0.6) is 11.6 Å². The molecule has 1 unspecified atom stereocenters. The van der Waals surface area contributed by atoms with Crippen molar-refractivity contribution in [2.24, 2.45) is 0 Å². The fourth-order valence-electron chi connectivity index (χ4n) is 2.89. The van der Waals surface area contributed by atoms with Crippen LogP contribution in [0.1, 0.15) is 23.5 Å². The van der Waals surface area contributed by atoms with E-state index in [1.54, 1.807) is 12.1 Å². The van der Waals surface area contributed by atoms with Crippen LogP contribution in [0.4, 0.5) is 0 Å². The summed E-state index contributed by atoms with van der Waals surface area (Å²) in [5.74, 6) is -0.632. The van der Waals surface area contributed by atoms with Crippen molar-refractivity contribution in [3.05, 3.63) is 75.3 Å². The van der Waals surface area contributed by atoms with E-state index >= 15 is 0 Å². The summed E-state index contributed by atoms with van der Waals surface area (Å²) in [5.41, 5.74) is 1.97. The number of rotatable bonds is 2. The molecule has 25 heavy (non-hydrogen) atoms. The van der Waals surface area contributed by atoms with Crippen molar-refractivity contribution in [3.63, 3.8) is 0 Å². The standard InChI is InChI=1S/C19H13NO4S/c21-13-8-6-11(7-9-13)14-10-15(22)24-17-16(14)19(23)25-18(20-17)12-4-2-1-3-5-12/h1-9,14,21H,10H2. The van der Waals surface area contributed by atoms with E-state index in [2.05, 4.69) is 4.98 Å². The van der Waals surface area contributed by atoms with Crippen molar-refractivity contribution in [3.8, 4) is 22.2 Å². The Bertz CT molecular complexity index is 996. The Balaban J connectivity index is 1.85. The molecule has 1 N–H and O–H groups in total. The van der Waals surface area contributed by atoms with Crippen LogP contribution in [0.2, 0.25) is 0 Å². The van der Waals surface area contributed by atoms with Gasteiger partial charge in [0.2, 0.25) is 10.6 Å². The van der Waals surface area contributed by atoms with Crippen LogP contribution >= 0.6 is 11.3 Å². The van der Waals surface area contributed by atoms with Gasteiger partial charge in [-0.2, -0.15) is 0 Å². The first-order valence-electron chi connectivity index (χ1n) is 7.72. The zero-order chi connectivity index (χ0) is 17.4. The summed E-state index contributed by atoms with van der Waals surface area (Å²) in [6, 6.07) is 15.8. The molecule has 0 bridgehead atoms. The van der Waals surface area contributed by atoms with Crippen LogP contribution in [0.3, 0.4) is 0 Å². The zero-order valence-electron chi connectivity index (χ0n) is 13.0.